The van der Waals surface area contributed by atoms with E-state index in [0.717, 1.165) is 18.7 Å². The minimum absolute atomic E-state index is 0.0889. The van der Waals surface area contributed by atoms with Crippen molar-refractivity contribution >= 4 is 6.09 Å². The van der Waals surface area contributed by atoms with E-state index in [0.29, 0.717) is 11.6 Å². The summed E-state index contributed by atoms with van der Waals surface area (Å²) < 4.78 is 5.32. The van der Waals surface area contributed by atoms with E-state index >= 15 is 0 Å². The molecule has 1 atom stereocenters. The van der Waals surface area contributed by atoms with Crippen molar-refractivity contribution in [1.82, 2.24) is 15.3 Å². The summed E-state index contributed by atoms with van der Waals surface area (Å²) in [5, 5.41) is 2.84. The molecule has 0 radical (unpaired) electrons. The minimum Gasteiger partial charge on any atom is -0.444 e. The summed E-state index contributed by atoms with van der Waals surface area (Å²) in [6.07, 6.45) is 2.78. The van der Waals surface area contributed by atoms with Crippen molar-refractivity contribution in [2.45, 2.75) is 71.4 Å². The van der Waals surface area contributed by atoms with Gasteiger partial charge >= 0.3 is 6.09 Å². The lowest BCUT2D eigenvalue weighted by Gasteiger charge is -2.27. The highest BCUT2D eigenvalue weighted by atomic mass is 16.6. The normalized spacial score (nSPS) is 16.8. The van der Waals surface area contributed by atoms with Crippen molar-refractivity contribution in [2.75, 3.05) is 0 Å². The smallest absolute Gasteiger partial charge is 0.408 e. The number of rotatable bonds is 4. The maximum atomic E-state index is 12.1. The van der Waals surface area contributed by atoms with E-state index in [1.54, 1.807) is 0 Å². The lowest BCUT2D eigenvalue weighted by atomic mass is 9.84. The molecule has 1 aliphatic rings. The number of H-pyrrole nitrogens is 1. The fraction of sp³-hybridized carbons (Fsp3) is 0.706. The van der Waals surface area contributed by atoms with E-state index in [1.807, 2.05) is 34.6 Å². The molecule has 0 aliphatic heterocycles. The van der Waals surface area contributed by atoms with Gasteiger partial charge in [-0.15, -0.1) is 0 Å². The highest BCUT2D eigenvalue weighted by molar-refractivity contribution is 5.68. The van der Waals surface area contributed by atoms with Gasteiger partial charge in [-0.3, -0.25) is 4.79 Å². The number of nitrogens with one attached hydrogen (secondary N) is 2. The minimum atomic E-state index is -0.565. The maximum Gasteiger partial charge on any atom is 0.408 e. The van der Waals surface area contributed by atoms with Gasteiger partial charge in [0.1, 0.15) is 11.4 Å². The van der Waals surface area contributed by atoms with Crippen LogP contribution < -0.4 is 10.9 Å². The molecule has 128 valence electrons. The molecule has 1 aromatic rings. The van der Waals surface area contributed by atoms with Crippen LogP contribution in [0.1, 0.15) is 77.4 Å². The molecule has 1 fully saturated rings. The number of hydrogen-bond donors (Lipinski definition) is 2. The molecule has 23 heavy (non-hydrogen) atoms. The van der Waals surface area contributed by atoms with Gasteiger partial charge in [0.2, 0.25) is 0 Å². The zero-order valence-corrected chi connectivity index (χ0v) is 14.6. The Hall–Kier alpha value is -1.85. The monoisotopic (exact) mass is 321 g/mol. The van der Waals surface area contributed by atoms with Crippen LogP contribution in [0.3, 0.4) is 0 Å². The van der Waals surface area contributed by atoms with Crippen molar-refractivity contribution in [3.8, 4) is 0 Å². The van der Waals surface area contributed by atoms with Crippen molar-refractivity contribution in [3.05, 3.63) is 27.9 Å². The fourth-order valence-corrected chi connectivity index (χ4v) is 2.55. The van der Waals surface area contributed by atoms with Crippen LogP contribution in [0.15, 0.2) is 10.9 Å². The summed E-state index contributed by atoms with van der Waals surface area (Å²) >= 11 is 0. The van der Waals surface area contributed by atoms with E-state index < -0.39 is 11.7 Å². The van der Waals surface area contributed by atoms with Crippen LogP contribution in [0.4, 0.5) is 4.79 Å². The first-order valence-electron chi connectivity index (χ1n) is 8.26. The van der Waals surface area contributed by atoms with E-state index in [-0.39, 0.29) is 17.5 Å². The zero-order valence-electron chi connectivity index (χ0n) is 14.6. The molecule has 6 nitrogen and oxygen atoms in total. The molecule has 1 aliphatic carbocycles. The van der Waals surface area contributed by atoms with Crippen LogP contribution >= 0.6 is 0 Å². The Kier molecular flexibility index (Phi) is 5.12. The molecule has 0 spiro atoms. The molecule has 0 bridgehead atoms. The van der Waals surface area contributed by atoms with Crippen molar-refractivity contribution < 1.29 is 9.53 Å². The molecule has 1 heterocycles. The Morgan fingerprint density at radius 3 is 2.52 bits per heavy atom. The van der Waals surface area contributed by atoms with Gasteiger partial charge in [0, 0.05) is 12.0 Å². The summed E-state index contributed by atoms with van der Waals surface area (Å²) in [5.74, 6) is 1.15. The topological polar surface area (TPSA) is 84.1 Å². The standard InChI is InChI=1S/C17H27N3O3/c1-10(2)14(20-16(22)23-17(3,4)5)12-9-13(21)19-15(18-12)11-7-6-8-11/h9-11,14H,6-8H2,1-5H3,(H,20,22)(H,18,19,21). The van der Waals surface area contributed by atoms with Crippen LogP contribution in [-0.2, 0) is 4.74 Å². The van der Waals surface area contributed by atoms with Crippen LogP contribution in [0.5, 0.6) is 0 Å². The second-order valence-electron chi connectivity index (χ2n) is 7.55. The van der Waals surface area contributed by atoms with Crippen molar-refractivity contribution in [2.24, 2.45) is 5.92 Å². The van der Waals surface area contributed by atoms with E-state index in [2.05, 4.69) is 15.3 Å². The second kappa shape index (κ2) is 6.72. The third kappa shape index (κ3) is 4.81. The van der Waals surface area contributed by atoms with Crippen molar-refractivity contribution in [1.29, 1.82) is 0 Å². The van der Waals surface area contributed by atoms with Gasteiger partial charge in [-0.05, 0) is 39.5 Å². The Balaban J connectivity index is 2.22. The largest absolute Gasteiger partial charge is 0.444 e. The molecular formula is C17H27N3O3. The van der Waals surface area contributed by atoms with Crippen LogP contribution in [-0.4, -0.2) is 21.7 Å². The summed E-state index contributed by atoms with van der Waals surface area (Å²) in [7, 11) is 0. The molecular weight excluding hydrogens is 294 g/mol. The van der Waals surface area contributed by atoms with E-state index in [4.69, 9.17) is 4.74 Å². The molecule has 1 aromatic heterocycles. The average molecular weight is 321 g/mol. The number of carbonyl (C=O) groups is 1. The molecule has 1 unspecified atom stereocenters. The van der Waals surface area contributed by atoms with Crippen molar-refractivity contribution in [3.63, 3.8) is 0 Å². The third-order valence-corrected chi connectivity index (χ3v) is 3.93. The quantitative estimate of drug-likeness (QED) is 0.891. The van der Waals surface area contributed by atoms with Gasteiger partial charge in [0.15, 0.2) is 0 Å². The number of aromatic nitrogens is 2. The van der Waals surface area contributed by atoms with Gasteiger partial charge in [0.05, 0.1) is 11.7 Å². The Morgan fingerprint density at radius 1 is 1.39 bits per heavy atom. The van der Waals surface area contributed by atoms with Gasteiger partial charge in [-0.1, -0.05) is 20.3 Å². The zero-order chi connectivity index (χ0) is 17.2. The average Bonchev–Trinajstić information content (AvgIpc) is 2.30. The number of aromatic amines is 1. The van der Waals surface area contributed by atoms with E-state index in [1.165, 1.54) is 12.5 Å². The Labute approximate surface area is 137 Å². The number of amides is 1. The van der Waals surface area contributed by atoms with Gasteiger partial charge in [0.25, 0.3) is 5.56 Å². The molecule has 1 saturated carbocycles. The molecule has 1 amide bonds. The lowest BCUT2D eigenvalue weighted by Crippen LogP contribution is -2.38. The maximum absolute atomic E-state index is 12.1. The highest BCUT2D eigenvalue weighted by Crippen LogP contribution is 2.34. The van der Waals surface area contributed by atoms with Crippen LogP contribution in [0, 0.1) is 5.92 Å². The predicted molar refractivity (Wildman–Crippen MR) is 88.4 cm³/mol. The number of ether oxygens (including phenoxy) is 1. The van der Waals surface area contributed by atoms with Gasteiger partial charge < -0.3 is 15.0 Å². The first kappa shape index (κ1) is 17.5. The van der Waals surface area contributed by atoms with Gasteiger partial charge in [-0.2, -0.15) is 0 Å². The SMILES string of the molecule is CC(C)C(NC(=O)OC(C)(C)C)c1cc(=O)[nH]c(C2CCC2)n1. The number of nitrogens with zero attached hydrogens (tertiary/aromatic N) is 1. The first-order chi connectivity index (χ1) is 10.7. The predicted octanol–water partition coefficient (Wildman–Crippen LogP) is 3.26. The molecule has 6 heteroatoms. The molecule has 2 N–H and O–H groups in total. The first-order valence-corrected chi connectivity index (χ1v) is 8.26. The number of hydrogen-bond acceptors (Lipinski definition) is 4. The second-order valence-corrected chi connectivity index (χ2v) is 7.55. The summed E-state index contributed by atoms with van der Waals surface area (Å²) in [6, 6.07) is 1.11. The Bertz CT molecular complexity index is 612. The summed E-state index contributed by atoms with van der Waals surface area (Å²) in [5.41, 5.74) is -0.144. The van der Waals surface area contributed by atoms with Crippen LogP contribution in [0.2, 0.25) is 0 Å². The fourth-order valence-electron chi connectivity index (χ4n) is 2.55. The van der Waals surface area contributed by atoms with E-state index in [9.17, 15) is 9.59 Å². The molecule has 0 saturated heterocycles. The lowest BCUT2D eigenvalue weighted by molar-refractivity contribution is 0.0488. The summed E-state index contributed by atoms with van der Waals surface area (Å²) in [6.45, 7) is 9.41. The molecule has 2 rings (SSSR count). The number of carbonyl (C=O) groups excluding carboxylic acids is 1. The number of alkyl carbamates (subject to hydrolysis) is 1. The highest BCUT2D eigenvalue weighted by Gasteiger charge is 2.27. The van der Waals surface area contributed by atoms with Crippen LogP contribution in [0.25, 0.3) is 0 Å². The van der Waals surface area contributed by atoms with Gasteiger partial charge in [-0.25, -0.2) is 9.78 Å². The molecule has 0 aromatic carbocycles. The third-order valence-electron chi connectivity index (χ3n) is 3.93. The Morgan fingerprint density at radius 2 is 2.04 bits per heavy atom. The summed E-state index contributed by atoms with van der Waals surface area (Å²) in [4.78, 5) is 31.5.